The van der Waals surface area contributed by atoms with Crippen LogP contribution in [0.3, 0.4) is 0 Å². The first-order valence-electron chi connectivity index (χ1n) is 7.74. The van der Waals surface area contributed by atoms with E-state index in [2.05, 4.69) is 37.9 Å². The average molecular weight is 256 g/mol. The second kappa shape index (κ2) is 8.89. The summed E-state index contributed by atoms with van der Waals surface area (Å²) in [5.74, 6) is 0.744. The van der Waals surface area contributed by atoms with Crippen LogP contribution < -0.4 is 5.32 Å². The van der Waals surface area contributed by atoms with Crippen LogP contribution in [0.5, 0.6) is 0 Å². The number of nitrogens with zero attached hydrogens (tertiary/aromatic N) is 1. The Morgan fingerprint density at radius 2 is 1.94 bits per heavy atom. The lowest BCUT2D eigenvalue weighted by molar-refractivity contribution is 0.0224. The molecule has 1 heterocycles. The third kappa shape index (κ3) is 6.17. The summed E-state index contributed by atoms with van der Waals surface area (Å²) in [5, 5.41) is 3.46. The number of rotatable bonds is 9. The molecule has 0 aromatic carbocycles. The highest BCUT2D eigenvalue weighted by atomic mass is 16.5. The fraction of sp³-hybridized carbons (Fsp3) is 1.00. The third-order valence-electron chi connectivity index (χ3n) is 3.53. The molecule has 18 heavy (non-hydrogen) atoms. The molecule has 3 heteroatoms. The number of hydrogen-bond donors (Lipinski definition) is 1. The topological polar surface area (TPSA) is 24.5 Å². The first kappa shape index (κ1) is 15.9. The fourth-order valence-electron chi connectivity index (χ4n) is 2.64. The molecule has 1 rings (SSSR count). The van der Waals surface area contributed by atoms with E-state index in [4.69, 9.17) is 4.74 Å². The maximum Gasteiger partial charge on any atom is 0.0707 e. The number of likely N-dealkylation sites (N-methyl/N-ethyl adjacent to an activating group) is 1. The summed E-state index contributed by atoms with van der Waals surface area (Å²) >= 11 is 0. The predicted octanol–water partition coefficient (Wildman–Crippen LogP) is 2.51. The first-order valence-corrected chi connectivity index (χ1v) is 7.74. The van der Waals surface area contributed by atoms with Gasteiger partial charge in [-0.15, -0.1) is 0 Å². The van der Waals surface area contributed by atoms with Crippen molar-refractivity contribution < 1.29 is 4.74 Å². The van der Waals surface area contributed by atoms with Gasteiger partial charge in [0.25, 0.3) is 0 Å². The van der Waals surface area contributed by atoms with E-state index in [1.54, 1.807) is 0 Å². The molecule has 2 unspecified atom stereocenters. The van der Waals surface area contributed by atoms with Gasteiger partial charge in [-0.1, -0.05) is 27.7 Å². The molecule has 0 aliphatic carbocycles. The molecular weight excluding hydrogens is 224 g/mol. The van der Waals surface area contributed by atoms with Gasteiger partial charge >= 0.3 is 0 Å². The molecule has 2 atom stereocenters. The van der Waals surface area contributed by atoms with Gasteiger partial charge in [-0.05, 0) is 38.3 Å². The van der Waals surface area contributed by atoms with Crippen LogP contribution in [0.25, 0.3) is 0 Å². The van der Waals surface area contributed by atoms with Crippen LogP contribution in [-0.4, -0.2) is 49.8 Å². The van der Waals surface area contributed by atoms with Gasteiger partial charge in [0.1, 0.15) is 0 Å². The van der Waals surface area contributed by atoms with E-state index in [-0.39, 0.29) is 0 Å². The van der Waals surface area contributed by atoms with E-state index in [9.17, 15) is 0 Å². The second-order valence-electron chi connectivity index (χ2n) is 5.91. The van der Waals surface area contributed by atoms with Gasteiger partial charge in [0, 0.05) is 19.6 Å². The molecule has 0 spiro atoms. The van der Waals surface area contributed by atoms with E-state index in [1.165, 1.54) is 25.8 Å². The average Bonchev–Trinajstić information content (AvgIpc) is 2.76. The summed E-state index contributed by atoms with van der Waals surface area (Å²) < 4.78 is 6.12. The molecule has 1 saturated heterocycles. The normalized spacial score (nSPS) is 24.3. The van der Waals surface area contributed by atoms with Gasteiger partial charge in [-0.3, -0.25) is 0 Å². The Labute approximate surface area is 113 Å². The zero-order chi connectivity index (χ0) is 13.4. The van der Waals surface area contributed by atoms with E-state index < -0.39 is 0 Å². The largest absolute Gasteiger partial charge is 0.372 e. The van der Waals surface area contributed by atoms with E-state index >= 15 is 0 Å². The van der Waals surface area contributed by atoms with Crippen molar-refractivity contribution in [2.75, 3.05) is 32.7 Å². The molecule has 1 fully saturated rings. The summed E-state index contributed by atoms with van der Waals surface area (Å²) in [6.45, 7) is 14.6. The van der Waals surface area contributed by atoms with Crippen molar-refractivity contribution >= 4 is 0 Å². The molecule has 0 aromatic rings. The highest BCUT2D eigenvalue weighted by Crippen LogP contribution is 2.20. The second-order valence-corrected chi connectivity index (χ2v) is 5.91. The van der Waals surface area contributed by atoms with E-state index in [0.717, 1.165) is 32.1 Å². The Morgan fingerprint density at radius 3 is 2.56 bits per heavy atom. The van der Waals surface area contributed by atoms with Gasteiger partial charge in [-0.25, -0.2) is 0 Å². The van der Waals surface area contributed by atoms with Crippen LogP contribution in [0.1, 0.15) is 47.0 Å². The number of nitrogens with one attached hydrogen (secondary N) is 1. The van der Waals surface area contributed by atoms with Gasteiger partial charge in [0.05, 0.1) is 12.2 Å². The van der Waals surface area contributed by atoms with Gasteiger partial charge in [0.15, 0.2) is 0 Å². The molecule has 1 N–H and O–H groups in total. The summed E-state index contributed by atoms with van der Waals surface area (Å²) in [4.78, 5) is 2.52. The van der Waals surface area contributed by atoms with Crippen LogP contribution in [0, 0.1) is 5.92 Å². The maximum atomic E-state index is 6.12. The van der Waals surface area contributed by atoms with Gasteiger partial charge < -0.3 is 15.0 Å². The lowest BCUT2D eigenvalue weighted by Gasteiger charge is -2.25. The molecule has 1 aliphatic rings. The standard InChI is InChI=1S/C15H32N2O/c1-5-9-16-10-14-7-8-15(18-14)12-17(6-2)11-13(3)4/h13-16H,5-12H2,1-4H3. The zero-order valence-electron chi connectivity index (χ0n) is 12.7. The Kier molecular flexibility index (Phi) is 7.87. The van der Waals surface area contributed by atoms with Crippen molar-refractivity contribution in [2.45, 2.75) is 59.2 Å². The molecule has 0 radical (unpaired) electrons. The molecule has 0 bridgehead atoms. The highest BCUT2D eigenvalue weighted by Gasteiger charge is 2.26. The molecule has 0 amide bonds. The summed E-state index contributed by atoms with van der Waals surface area (Å²) in [5.41, 5.74) is 0. The van der Waals surface area contributed by atoms with Crippen LogP contribution in [0.4, 0.5) is 0 Å². The quantitative estimate of drug-likeness (QED) is 0.642. The van der Waals surface area contributed by atoms with E-state index in [0.29, 0.717) is 12.2 Å². The van der Waals surface area contributed by atoms with Crippen molar-refractivity contribution in [3.05, 3.63) is 0 Å². The number of ether oxygens (including phenoxy) is 1. The molecule has 0 saturated carbocycles. The molecule has 0 aromatic heterocycles. The highest BCUT2D eigenvalue weighted by molar-refractivity contribution is 4.78. The Bertz CT molecular complexity index is 209. The van der Waals surface area contributed by atoms with Crippen molar-refractivity contribution in [1.29, 1.82) is 0 Å². The lowest BCUT2D eigenvalue weighted by atomic mass is 10.1. The molecule has 3 nitrogen and oxygen atoms in total. The predicted molar refractivity (Wildman–Crippen MR) is 78.0 cm³/mol. The minimum atomic E-state index is 0.444. The monoisotopic (exact) mass is 256 g/mol. The van der Waals surface area contributed by atoms with Crippen molar-refractivity contribution in [1.82, 2.24) is 10.2 Å². The minimum absolute atomic E-state index is 0.444. The summed E-state index contributed by atoms with van der Waals surface area (Å²) in [6, 6.07) is 0. The fourth-order valence-corrected chi connectivity index (χ4v) is 2.64. The molecular formula is C15H32N2O. The Hall–Kier alpha value is -0.120. The van der Waals surface area contributed by atoms with Crippen molar-refractivity contribution in [3.63, 3.8) is 0 Å². The van der Waals surface area contributed by atoms with E-state index in [1.807, 2.05) is 0 Å². The number of hydrogen-bond acceptors (Lipinski definition) is 3. The smallest absolute Gasteiger partial charge is 0.0707 e. The van der Waals surface area contributed by atoms with Crippen LogP contribution in [0.2, 0.25) is 0 Å². The van der Waals surface area contributed by atoms with Crippen molar-refractivity contribution in [3.8, 4) is 0 Å². The Balaban J connectivity index is 2.20. The lowest BCUT2D eigenvalue weighted by Crippen LogP contribution is -2.36. The SMILES string of the molecule is CCCNCC1CCC(CN(CC)CC(C)C)O1. The van der Waals surface area contributed by atoms with Crippen LogP contribution >= 0.6 is 0 Å². The third-order valence-corrected chi connectivity index (χ3v) is 3.53. The summed E-state index contributed by atoms with van der Waals surface area (Å²) in [7, 11) is 0. The van der Waals surface area contributed by atoms with Crippen LogP contribution in [-0.2, 0) is 4.74 Å². The molecule has 1 aliphatic heterocycles. The first-order chi connectivity index (χ1) is 8.65. The minimum Gasteiger partial charge on any atom is -0.372 e. The zero-order valence-corrected chi connectivity index (χ0v) is 12.7. The van der Waals surface area contributed by atoms with Crippen LogP contribution in [0.15, 0.2) is 0 Å². The molecule has 108 valence electrons. The van der Waals surface area contributed by atoms with Crippen molar-refractivity contribution in [2.24, 2.45) is 5.92 Å². The Morgan fingerprint density at radius 1 is 1.22 bits per heavy atom. The summed E-state index contributed by atoms with van der Waals surface area (Å²) in [6.07, 6.45) is 4.55. The van der Waals surface area contributed by atoms with Gasteiger partial charge in [0.2, 0.25) is 0 Å². The van der Waals surface area contributed by atoms with Gasteiger partial charge in [-0.2, -0.15) is 0 Å². The maximum absolute atomic E-state index is 6.12.